The first-order chi connectivity index (χ1) is 27.2. The van der Waals surface area contributed by atoms with Crippen LogP contribution in [0.4, 0.5) is 17.1 Å². The zero-order valence-corrected chi connectivity index (χ0v) is 30.5. The molecule has 10 aromatic rings. The van der Waals surface area contributed by atoms with Gasteiger partial charge in [0, 0.05) is 33.4 Å². The summed E-state index contributed by atoms with van der Waals surface area (Å²) >= 11 is 0. The Morgan fingerprint density at radius 3 is 1.62 bits per heavy atom. The number of fused-ring (bicyclic) bond motifs is 4. The molecule has 0 aliphatic carbocycles. The molecule has 1 aromatic heterocycles. The van der Waals surface area contributed by atoms with Gasteiger partial charge in [-0.25, -0.2) is 0 Å². The number of rotatable bonds is 7. The van der Waals surface area contributed by atoms with Gasteiger partial charge in [0.1, 0.15) is 11.2 Å². The Labute approximate surface area is 321 Å². The maximum absolute atomic E-state index is 6.40. The van der Waals surface area contributed by atoms with Crippen molar-refractivity contribution in [3.8, 4) is 44.5 Å². The minimum atomic E-state index is 0.909. The van der Waals surface area contributed by atoms with Crippen molar-refractivity contribution in [2.45, 2.75) is 6.92 Å². The molecular weight excluding hydrogens is 667 g/mol. The van der Waals surface area contributed by atoms with Crippen LogP contribution in [0.25, 0.3) is 77.2 Å². The first-order valence-electron chi connectivity index (χ1n) is 18.8. The Bertz CT molecular complexity index is 2950. The van der Waals surface area contributed by atoms with Gasteiger partial charge in [-0.05, 0) is 105 Å². The largest absolute Gasteiger partial charge is 0.455 e. The van der Waals surface area contributed by atoms with Crippen molar-refractivity contribution in [1.29, 1.82) is 0 Å². The summed E-state index contributed by atoms with van der Waals surface area (Å²) in [6.45, 7) is 2.21. The van der Waals surface area contributed by atoms with Crippen LogP contribution in [-0.2, 0) is 0 Å². The molecular formula is C53H37NO. The van der Waals surface area contributed by atoms with E-state index in [0.29, 0.717) is 0 Å². The van der Waals surface area contributed by atoms with Crippen LogP contribution in [0.1, 0.15) is 5.56 Å². The zero-order chi connectivity index (χ0) is 36.7. The molecule has 1 heterocycles. The lowest BCUT2D eigenvalue weighted by Gasteiger charge is -2.28. The van der Waals surface area contributed by atoms with Crippen LogP contribution in [0.3, 0.4) is 0 Å². The molecule has 0 saturated carbocycles. The predicted molar refractivity (Wildman–Crippen MR) is 232 cm³/mol. The summed E-state index contributed by atoms with van der Waals surface area (Å²) in [7, 11) is 0. The second-order valence-electron chi connectivity index (χ2n) is 14.2. The summed E-state index contributed by atoms with van der Waals surface area (Å²) in [6, 6.07) is 73.9. The molecule has 0 bridgehead atoms. The van der Waals surface area contributed by atoms with Crippen LogP contribution in [-0.4, -0.2) is 0 Å². The number of aryl methyl sites for hydroxylation is 1. The van der Waals surface area contributed by atoms with Crippen LogP contribution in [0, 0.1) is 6.92 Å². The van der Waals surface area contributed by atoms with Crippen molar-refractivity contribution in [3.05, 3.63) is 212 Å². The topological polar surface area (TPSA) is 16.4 Å². The van der Waals surface area contributed by atoms with Crippen molar-refractivity contribution in [1.82, 2.24) is 0 Å². The molecule has 9 aromatic carbocycles. The third-order valence-electron chi connectivity index (χ3n) is 10.8. The highest BCUT2D eigenvalue weighted by molar-refractivity contribution is 6.09. The molecule has 0 saturated heterocycles. The molecule has 10 rings (SSSR count). The standard InChI is InChI=1S/C53H37NO/c1-36-35-43(37-11-3-2-4-12-37)29-34-51(36)54(45-32-27-42(28-33-45)48-18-10-19-50-49-16-7-8-20-52(49)55-53(48)50)44-30-25-39(26-31-44)38-21-23-41(24-22-38)47-17-9-14-40-13-5-6-15-46(40)47/h2-35H,1H3. The first kappa shape index (κ1) is 32.5. The van der Waals surface area contributed by atoms with Crippen molar-refractivity contribution < 1.29 is 4.42 Å². The van der Waals surface area contributed by atoms with Gasteiger partial charge in [0.25, 0.3) is 0 Å². The average molecular weight is 704 g/mol. The number of hydrogen-bond donors (Lipinski definition) is 0. The summed E-state index contributed by atoms with van der Waals surface area (Å²) in [5.41, 5.74) is 15.8. The number of para-hydroxylation sites is 2. The highest BCUT2D eigenvalue weighted by atomic mass is 16.3. The zero-order valence-electron chi connectivity index (χ0n) is 30.5. The fourth-order valence-electron chi connectivity index (χ4n) is 8.03. The molecule has 260 valence electrons. The minimum absolute atomic E-state index is 0.909. The van der Waals surface area contributed by atoms with Gasteiger partial charge in [-0.15, -0.1) is 0 Å². The first-order valence-corrected chi connectivity index (χ1v) is 18.8. The summed E-state index contributed by atoms with van der Waals surface area (Å²) < 4.78 is 6.40. The fraction of sp³-hybridized carbons (Fsp3) is 0.0189. The van der Waals surface area contributed by atoms with Crippen molar-refractivity contribution in [2.75, 3.05) is 4.90 Å². The molecule has 0 radical (unpaired) electrons. The number of nitrogens with zero attached hydrogens (tertiary/aromatic N) is 1. The fourth-order valence-corrected chi connectivity index (χ4v) is 8.03. The summed E-state index contributed by atoms with van der Waals surface area (Å²) in [6.07, 6.45) is 0. The van der Waals surface area contributed by atoms with Gasteiger partial charge >= 0.3 is 0 Å². The quantitative estimate of drug-likeness (QED) is 0.164. The Morgan fingerprint density at radius 1 is 0.364 bits per heavy atom. The van der Waals surface area contributed by atoms with Gasteiger partial charge in [0.15, 0.2) is 0 Å². The second kappa shape index (κ2) is 13.7. The monoisotopic (exact) mass is 703 g/mol. The van der Waals surface area contributed by atoms with Crippen LogP contribution >= 0.6 is 0 Å². The Hall–Kier alpha value is -7.16. The molecule has 0 spiro atoms. The number of benzene rings is 9. The molecule has 0 unspecified atom stereocenters. The van der Waals surface area contributed by atoms with E-state index in [-0.39, 0.29) is 0 Å². The maximum Gasteiger partial charge on any atom is 0.143 e. The van der Waals surface area contributed by atoms with E-state index >= 15 is 0 Å². The molecule has 0 N–H and O–H groups in total. The van der Waals surface area contributed by atoms with Crippen LogP contribution < -0.4 is 4.90 Å². The third-order valence-corrected chi connectivity index (χ3v) is 10.8. The Kier molecular flexibility index (Phi) is 8.08. The van der Waals surface area contributed by atoms with E-state index in [1.807, 2.05) is 12.1 Å². The van der Waals surface area contributed by atoms with Crippen LogP contribution in [0.2, 0.25) is 0 Å². The van der Waals surface area contributed by atoms with E-state index in [2.05, 4.69) is 206 Å². The van der Waals surface area contributed by atoms with Crippen LogP contribution in [0.5, 0.6) is 0 Å². The van der Waals surface area contributed by atoms with E-state index in [1.165, 1.54) is 49.7 Å². The molecule has 0 aliphatic rings. The van der Waals surface area contributed by atoms with E-state index in [9.17, 15) is 0 Å². The predicted octanol–water partition coefficient (Wildman–Crippen LogP) is 15.2. The van der Waals surface area contributed by atoms with E-state index < -0.39 is 0 Å². The normalized spacial score (nSPS) is 11.4. The summed E-state index contributed by atoms with van der Waals surface area (Å²) in [4.78, 5) is 2.36. The van der Waals surface area contributed by atoms with Crippen molar-refractivity contribution in [2.24, 2.45) is 0 Å². The van der Waals surface area contributed by atoms with Crippen molar-refractivity contribution >= 4 is 49.8 Å². The van der Waals surface area contributed by atoms with Gasteiger partial charge < -0.3 is 9.32 Å². The SMILES string of the molecule is Cc1cc(-c2ccccc2)ccc1N(c1ccc(-c2ccc(-c3cccc4ccccc34)cc2)cc1)c1ccc(-c2cccc3c2oc2ccccc23)cc1. The minimum Gasteiger partial charge on any atom is -0.455 e. The molecule has 0 fully saturated rings. The summed E-state index contributed by atoms with van der Waals surface area (Å²) in [5, 5.41) is 4.80. The van der Waals surface area contributed by atoms with E-state index in [4.69, 9.17) is 4.42 Å². The van der Waals surface area contributed by atoms with Gasteiger partial charge in [-0.1, -0.05) is 164 Å². The molecule has 0 aliphatic heterocycles. The van der Waals surface area contributed by atoms with E-state index in [1.54, 1.807) is 0 Å². The smallest absolute Gasteiger partial charge is 0.143 e. The highest BCUT2D eigenvalue weighted by Crippen LogP contribution is 2.41. The average Bonchev–Trinajstić information content (AvgIpc) is 3.64. The Balaban J connectivity index is 1.01. The number of furan rings is 1. The van der Waals surface area contributed by atoms with E-state index in [0.717, 1.165) is 50.1 Å². The number of anilines is 3. The van der Waals surface area contributed by atoms with Gasteiger partial charge in [-0.3, -0.25) is 0 Å². The lowest BCUT2D eigenvalue weighted by atomic mass is 9.96. The number of hydrogen-bond acceptors (Lipinski definition) is 2. The lowest BCUT2D eigenvalue weighted by Crippen LogP contribution is -2.11. The summed E-state index contributed by atoms with van der Waals surface area (Å²) in [5.74, 6) is 0. The molecule has 2 nitrogen and oxygen atoms in total. The van der Waals surface area contributed by atoms with Crippen molar-refractivity contribution in [3.63, 3.8) is 0 Å². The maximum atomic E-state index is 6.40. The molecule has 55 heavy (non-hydrogen) atoms. The molecule has 0 atom stereocenters. The second-order valence-corrected chi connectivity index (χ2v) is 14.2. The molecule has 2 heteroatoms. The van der Waals surface area contributed by atoms with Crippen LogP contribution in [0.15, 0.2) is 211 Å². The van der Waals surface area contributed by atoms with Gasteiger partial charge in [-0.2, -0.15) is 0 Å². The third kappa shape index (κ3) is 5.95. The Morgan fingerprint density at radius 2 is 0.873 bits per heavy atom. The highest BCUT2D eigenvalue weighted by Gasteiger charge is 2.18. The molecule has 0 amide bonds. The van der Waals surface area contributed by atoms with Gasteiger partial charge in [0.2, 0.25) is 0 Å². The lowest BCUT2D eigenvalue weighted by molar-refractivity contribution is 0.670. The van der Waals surface area contributed by atoms with Gasteiger partial charge in [0.05, 0.1) is 0 Å².